The van der Waals surface area contributed by atoms with Crippen molar-refractivity contribution in [1.29, 1.82) is 0 Å². The number of unbranched alkanes of at least 4 members (excludes halogenated alkanes) is 3. The maximum absolute atomic E-state index is 11.4. The minimum absolute atomic E-state index is 0. The standard InChI is InChI=1S/C35H54N2.C10H15NO2.Ni/c1-7-13-15-21-35(37-33-25-23-29(17-10-4)31(27-33)19-12-6)34(20-14-8-2)36-32-24-22-28(16-9-3)30(26-32)18-11-5;1-3-11(4-2)8-6-5-7-9(12)10(8)13;/h22-27H,7-21H2,1-6H3;5-7,12-13H,3-4H2,1-2H3;/q;;+2/p-2. The third-order valence-electron chi connectivity index (χ3n) is 9.16. The molecule has 0 N–H and O–H groups in total. The third kappa shape index (κ3) is 15.6. The van der Waals surface area contributed by atoms with Gasteiger partial charge in [0.05, 0.1) is 22.8 Å². The zero-order valence-electron chi connectivity index (χ0n) is 33.2. The molecule has 0 aromatic heterocycles. The van der Waals surface area contributed by atoms with Gasteiger partial charge in [-0.25, -0.2) is 0 Å². The van der Waals surface area contributed by atoms with Crippen molar-refractivity contribution in [3.8, 4) is 11.5 Å². The van der Waals surface area contributed by atoms with Gasteiger partial charge in [0, 0.05) is 18.8 Å². The first-order valence-corrected chi connectivity index (χ1v) is 19.9. The van der Waals surface area contributed by atoms with E-state index in [2.05, 4.69) is 77.9 Å². The van der Waals surface area contributed by atoms with Gasteiger partial charge in [0.15, 0.2) is 0 Å². The van der Waals surface area contributed by atoms with Crippen LogP contribution < -0.4 is 15.1 Å². The van der Waals surface area contributed by atoms with Gasteiger partial charge >= 0.3 is 16.5 Å². The SMILES string of the molecule is CCCCCC(=Nc1ccc(CCC)c(CCC)c1)C(CCCC)=Nc1ccc(CCC)c(CCC)c1.CCN(CC)c1cccc([O-])c1[O-].[Ni+2]. The minimum atomic E-state index is -0.426. The van der Waals surface area contributed by atoms with Crippen LogP contribution in [-0.4, -0.2) is 24.5 Å². The molecule has 0 unspecified atom stereocenters. The summed E-state index contributed by atoms with van der Waals surface area (Å²) in [6.07, 6.45) is 17.2. The minimum Gasteiger partial charge on any atom is -0.873 e. The number of rotatable bonds is 21. The molecule has 0 aliphatic heterocycles. The molecule has 0 heterocycles. The smallest absolute Gasteiger partial charge is 0.873 e. The molecule has 0 amide bonds. The summed E-state index contributed by atoms with van der Waals surface area (Å²) < 4.78 is 0. The Labute approximate surface area is 322 Å². The maximum atomic E-state index is 11.4. The van der Waals surface area contributed by atoms with Gasteiger partial charge in [-0.2, -0.15) is 0 Å². The normalized spacial score (nSPS) is 11.5. The fourth-order valence-electron chi connectivity index (χ4n) is 6.44. The second-order valence-corrected chi connectivity index (χ2v) is 13.4. The maximum Gasteiger partial charge on any atom is 2.00 e. The van der Waals surface area contributed by atoms with E-state index >= 15 is 0 Å². The average Bonchev–Trinajstić information content (AvgIpc) is 3.11. The molecule has 0 aliphatic rings. The van der Waals surface area contributed by atoms with Crippen LogP contribution >= 0.6 is 0 Å². The molecule has 0 bridgehead atoms. The summed E-state index contributed by atoms with van der Waals surface area (Å²) in [5.74, 6) is -0.824. The zero-order valence-corrected chi connectivity index (χ0v) is 34.2. The van der Waals surface area contributed by atoms with Gasteiger partial charge in [-0.15, -0.1) is 5.75 Å². The molecule has 3 aromatic carbocycles. The van der Waals surface area contributed by atoms with Crippen molar-refractivity contribution in [2.24, 2.45) is 9.98 Å². The summed E-state index contributed by atoms with van der Waals surface area (Å²) in [4.78, 5) is 12.5. The van der Waals surface area contributed by atoms with Crippen LogP contribution in [0, 0.1) is 0 Å². The first kappa shape index (κ1) is 45.9. The predicted octanol–water partition coefficient (Wildman–Crippen LogP) is 11.8. The summed E-state index contributed by atoms with van der Waals surface area (Å²) in [5, 5.41) is 22.4. The quantitative estimate of drug-likeness (QED) is 0.0620. The van der Waals surface area contributed by atoms with E-state index in [0.717, 1.165) is 69.4 Å². The Balaban J connectivity index is 0.000000779. The van der Waals surface area contributed by atoms with Crippen molar-refractivity contribution in [2.45, 2.75) is 152 Å². The van der Waals surface area contributed by atoms with E-state index in [-0.39, 0.29) is 16.5 Å². The van der Waals surface area contributed by atoms with Crippen LogP contribution in [0.1, 0.15) is 148 Å². The Hall–Kier alpha value is -3.11. The molecule has 0 radical (unpaired) electrons. The largest absolute Gasteiger partial charge is 2.00 e. The molecule has 0 fully saturated rings. The number of benzene rings is 3. The van der Waals surface area contributed by atoms with Crippen molar-refractivity contribution in [2.75, 3.05) is 18.0 Å². The summed E-state index contributed by atoms with van der Waals surface area (Å²) in [6.45, 7) is 19.0. The molecule has 0 aliphatic carbocycles. The number of nitrogens with zero attached hydrogens (tertiary/aromatic N) is 3. The van der Waals surface area contributed by atoms with Gasteiger partial charge in [-0.05, 0) is 118 Å². The summed E-state index contributed by atoms with van der Waals surface area (Å²) >= 11 is 0. The molecular weight excluding hydrogens is 673 g/mol. The van der Waals surface area contributed by atoms with Gasteiger partial charge in [-0.3, -0.25) is 9.98 Å². The molecule has 0 spiro atoms. The van der Waals surface area contributed by atoms with Crippen molar-refractivity contribution in [3.63, 3.8) is 0 Å². The molecular formula is C45H67N3NiO2. The molecule has 0 atom stereocenters. The van der Waals surface area contributed by atoms with Gasteiger partial charge in [0.2, 0.25) is 0 Å². The average molecular weight is 741 g/mol. The van der Waals surface area contributed by atoms with Crippen molar-refractivity contribution in [3.05, 3.63) is 76.9 Å². The molecule has 0 saturated heterocycles. The number of aryl methyl sites for hydroxylation is 4. The number of hydrogen-bond acceptors (Lipinski definition) is 5. The fourth-order valence-corrected chi connectivity index (χ4v) is 6.44. The van der Waals surface area contributed by atoms with E-state index in [0.29, 0.717) is 5.69 Å². The molecule has 51 heavy (non-hydrogen) atoms. The van der Waals surface area contributed by atoms with E-state index in [1.54, 1.807) is 12.1 Å². The monoisotopic (exact) mass is 739 g/mol. The van der Waals surface area contributed by atoms with E-state index in [9.17, 15) is 10.2 Å². The van der Waals surface area contributed by atoms with E-state index in [1.807, 2.05) is 18.7 Å². The van der Waals surface area contributed by atoms with Crippen molar-refractivity contribution in [1.82, 2.24) is 0 Å². The topological polar surface area (TPSA) is 74.1 Å². The molecule has 3 aromatic rings. The van der Waals surface area contributed by atoms with Crippen LogP contribution in [0.5, 0.6) is 11.5 Å². The van der Waals surface area contributed by atoms with Crippen LogP contribution in [0.25, 0.3) is 0 Å². The van der Waals surface area contributed by atoms with Gasteiger partial charge in [-0.1, -0.05) is 117 Å². The molecule has 0 saturated carbocycles. The number of aliphatic imine (C=N–C) groups is 2. The fraction of sp³-hybridized carbons (Fsp3) is 0.556. The Morgan fingerprint density at radius 3 is 1.41 bits per heavy atom. The van der Waals surface area contributed by atoms with Crippen LogP contribution in [-0.2, 0) is 42.2 Å². The number of hydrogen-bond donors (Lipinski definition) is 0. The van der Waals surface area contributed by atoms with Crippen LogP contribution in [0.4, 0.5) is 17.1 Å². The second-order valence-electron chi connectivity index (χ2n) is 13.4. The van der Waals surface area contributed by atoms with E-state index in [1.165, 1.54) is 91.1 Å². The number of para-hydroxylation sites is 1. The molecule has 5 nitrogen and oxygen atoms in total. The third-order valence-corrected chi connectivity index (χ3v) is 9.16. The summed E-state index contributed by atoms with van der Waals surface area (Å²) in [7, 11) is 0. The Kier molecular flexibility index (Phi) is 24.0. The Morgan fingerprint density at radius 1 is 0.529 bits per heavy atom. The number of anilines is 1. The van der Waals surface area contributed by atoms with Crippen molar-refractivity contribution >= 4 is 28.5 Å². The predicted molar refractivity (Wildman–Crippen MR) is 216 cm³/mol. The van der Waals surface area contributed by atoms with Crippen molar-refractivity contribution < 1.29 is 26.7 Å². The Morgan fingerprint density at radius 2 is 0.980 bits per heavy atom. The van der Waals surface area contributed by atoms with Crippen LogP contribution in [0.2, 0.25) is 0 Å². The first-order valence-electron chi connectivity index (χ1n) is 19.9. The first-order chi connectivity index (χ1) is 24.3. The molecule has 3 rings (SSSR count). The van der Waals surface area contributed by atoms with Gasteiger partial charge in [0.25, 0.3) is 0 Å². The summed E-state index contributed by atoms with van der Waals surface area (Å²) in [6, 6.07) is 18.4. The van der Waals surface area contributed by atoms with Crippen LogP contribution in [0.15, 0.2) is 64.6 Å². The molecule has 6 heteroatoms. The Bertz CT molecular complexity index is 1460. The zero-order chi connectivity index (χ0) is 36.7. The summed E-state index contributed by atoms with van der Waals surface area (Å²) in [5.41, 5.74) is 11.0. The molecule has 284 valence electrons. The van der Waals surface area contributed by atoms with Gasteiger partial charge in [0.1, 0.15) is 0 Å². The van der Waals surface area contributed by atoms with Gasteiger partial charge < -0.3 is 15.1 Å². The van der Waals surface area contributed by atoms with Crippen LogP contribution in [0.3, 0.4) is 0 Å². The van der Waals surface area contributed by atoms with E-state index < -0.39 is 11.5 Å². The second kappa shape index (κ2) is 26.6. The van der Waals surface area contributed by atoms with E-state index in [4.69, 9.17) is 9.98 Å².